The van der Waals surface area contributed by atoms with Gasteiger partial charge in [-0.15, -0.1) is 0 Å². The third kappa shape index (κ3) is 3.78. The standard InChI is InChI=1S/C14H20Br2N2/c1-2-17-13(7-10-5-3-4-6-10)14-12(16)8-11(15)9-18-14/h8-10,13,17H,2-7H2,1H3. The van der Waals surface area contributed by atoms with Crippen molar-refractivity contribution in [2.24, 2.45) is 5.92 Å². The third-order valence-corrected chi connectivity index (χ3v) is 4.73. The van der Waals surface area contributed by atoms with Crippen LogP contribution in [-0.4, -0.2) is 11.5 Å². The average Bonchev–Trinajstić information content (AvgIpc) is 2.81. The molecule has 0 amide bonds. The molecule has 0 saturated heterocycles. The van der Waals surface area contributed by atoms with Crippen LogP contribution in [0.15, 0.2) is 21.2 Å². The van der Waals surface area contributed by atoms with Crippen molar-refractivity contribution in [3.8, 4) is 0 Å². The molecule has 1 fully saturated rings. The Bertz CT molecular complexity index is 389. The van der Waals surface area contributed by atoms with Gasteiger partial charge in [-0.25, -0.2) is 0 Å². The molecule has 1 aliphatic carbocycles. The van der Waals surface area contributed by atoms with Crippen molar-refractivity contribution >= 4 is 31.9 Å². The van der Waals surface area contributed by atoms with Crippen LogP contribution in [0.4, 0.5) is 0 Å². The zero-order valence-electron chi connectivity index (χ0n) is 10.8. The number of hydrogen-bond acceptors (Lipinski definition) is 2. The molecule has 1 atom stereocenters. The lowest BCUT2D eigenvalue weighted by molar-refractivity contribution is 0.394. The predicted molar refractivity (Wildman–Crippen MR) is 82.6 cm³/mol. The Morgan fingerprint density at radius 2 is 2.11 bits per heavy atom. The largest absolute Gasteiger partial charge is 0.309 e. The second-order valence-corrected chi connectivity index (χ2v) is 6.79. The quantitative estimate of drug-likeness (QED) is 0.796. The van der Waals surface area contributed by atoms with Crippen LogP contribution in [0.2, 0.25) is 0 Å². The van der Waals surface area contributed by atoms with Gasteiger partial charge in [-0.05, 0) is 56.8 Å². The first-order valence-corrected chi connectivity index (χ1v) is 8.33. The molecule has 1 heterocycles. The van der Waals surface area contributed by atoms with E-state index in [1.165, 1.54) is 32.1 Å². The van der Waals surface area contributed by atoms with Crippen molar-refractivity contribution in [2.75, 3.05) is 6.54 Å². The molecule has 18 heavy (non-hydrogen) atoms. The van der Waals surface area contributed by atoms with Crippen molar-refractivity contribution in [1.82, 2.24) is 10.3 Å². The summed E-state index contributed by atoms with van der Waals surface area (Å²) in [5.74, 6) is 0.867. The van der Waals surface area contributed by atoms with Crippen molar-refractivity contribution in [3.63, 3.8) is 0 Å². The zero-order chi connectivity index (χ0) is 13.0. The minimum absolute atomic E-state index is 0.376. The van der Waals surface area contributed by atoms with Gasteiger partial charge in [-0.3, -0.25) is 4.98 Å². The lowest BCUT2D eigenvalue weighted by Gasteiger charge is -2.22. The van der Waals surface area contributed by atoms with E-state index in [2.05, 4.69) is 55.2 Å². The summed E-state index contributed by atoms with van der Waals surface area (Å²) in [6.45, 7) is 3.15. The molecule has 0 spiro atoms. The van der Waals surface area contributed by atoms with Crippen LogP contribution >= 0.6 is 31.9 Å². The van der Waals surface area contributed by atoms with Crippen molar-refractivity contribution < 1.29 is 0 Å². The first-order valence-electron chi connectivity index (χ1n) is 6.75. The molecular formula is C14H20Br2N2. The smallest absolute Gasteiger partial charge is 0.0715 e. The molecule has 1 aromatic rings. The summed E-state index contributed by atoms with van der Waals surface area (Å²) in [6.07, 6.45) is 8.67. The molecule has 1 aromatic heterocycles. The van der Waals surface area contributed by atoms with E-state index >= 15 is 0 Å². The fourth-order valence-corrected chi connectivity index (χ4v) is 4.06. The fourth-order valence-electron chi connectivity index (χ4n) is 2.80. The van der Waals surface area contributed by atoms with Gasteiger partial charge in [0, 0.05) is 15.1 Å². The van der Waals surface area contributed by atoms with E-state index in [1.54, 1.807) is 0 Å². The maximum absolute atomic E-state index is 4.58. The maximum Gasteiger partial charge on any atom is 0.0715 e. The molecule has 1 unspecified atom stereocenters. The van der Waals surface area contributed by atoms with Crippen LogP contribution in [0, 0.1) is 5.92 Å². The van der Waals surface area contributed by atoms with Crippen LogP contribution < -0.4 is 5.32 Å². The highest BCUT2D eigenvalue weighted by molar-refractivity contribution is 9.11. The van der Waals surface area contributed by atoms with Gasteiger partial charge in [0.2, 0.25) is 0 Å². The molecule has 0 radical (unpaired) electrons. The van der Waals surface area contributed by atoms with Crippen molar-refractivity contribution in [2.45, 2.75) is 45.1 Å². The minimum Gasteiger partial charge on any atom is -0.309 e. The molecule has 2 rings (SSSR count). The van der Waals surface area contributed by atoms with Crippen LogP contribution in [-0.2, 0) is 0 Å². The van der Waals surface area contributed by atoms with Gasteiger partial charge in [-0.2, -0.15) is 0 Å². The Morgan fingerprint density at radius 3 is 2.72 bits per heavy atom. The Balaban J connectivity index is 2.12. The lowest BCUT2D eigenvalue weighted by atomic mass is 9.96. The maximum atomic E-state index is 4.58. The van der Waals surface area contributed by atoms with Crippen LogP contribution in [0.3, 0.4) is 0 Å². The molecule has 100 valence electrons. The molecule has 0 aromatic carbocycles. The van der Waals surface area contributed by atoms with Gasteiger partial charge in [0.25, 0.3) is 0 Å². The number of nitrogens with one attached hydrogen (secondary N) is 1. The summed E-state index contributed by atoms with van der Waals surface area (Å²) < 4.78 is 2.12. The van der Waals surface area contributed by atoms with Crippen LogP contribution in [0.1, 0.15) is 50.8 Å². The highest BCUT2D eigenvalue weighted by atomic mass is 79.9. The van der Waals surface area contributed by atoms with Crippen LogP contribution in [0.25, 0.3) is 0 Å². The lowest BCUT2D eigenvalue weighted by Crippen LogP contribution is -2.24. The van der Waals surface area contributed by atoms with Gasteiger partial charge in [0.05, 0.1) is 11.7 Å². The highest BCUT2D eigenvalue weighted by Gasteiger charge is 2.23. The second kappa shape index (κ2) is 7.01. The number of pyridine rings is 1. The number of hydrogen-bond donors (Lipinski definition) is 1. The Kier molecular flexibility index (Phi) is 5.64. The van der Waals surface area contributed by atoms with E-state index in [4.69, 9.17) is 0 Å². The number of rotatable bonds is 5. The molecule has 2 nitrogen and oxygen atoms in total. The number of nitrogens with zero attached hydrogens (tertiary/aromatic N) is 1. The normalized spacial score (nSPS) is 18.2. The van der Waals surface area contributed by atoms with E-state index < -0.39 is 0 Å². The van der Waals surface area contributed by atoms with Gasteiger partial charge < -0.3 is 5.32 Å². The Labute approximate surface area is 126 Å². The van der Waals surface area contributed by atoms with Crippen molar-refractivity contribution in [3.05, 3.63) is 26.9 Å². The zero-order valence-corrected chi connectivity index (χ0v) is 13.9. The summed E-state index contributed by atoms with van der Waals surface area (Å²) in [7, 11) is 0. The van der Waals surface area contributed by atoms with Gasteiger partial charge in [0.1, 0.15) is 0 Å². The SMILES string of the molecule is CCNC(CC1CCCC1)c1ncc(Br)cc1Br. The van der Waals surface area contributed by atoms with E-state index in [0.717, 1.165) is 27.1 Å². The van der Waals surface area contributed by atoms with E-state index in [9.17, 15) is 0 Å². The Hall–Kier alpha value is 0.0700. The van der Waals surface area contributed by atoms with Gasteiger partial charge >= 0.3 is 0 Å². The van der Waals surface area contributed by atoms with E-state index in [-0.39, 0.29) is 0 Å². The molecule has 0 aliphatic heterocycles. The average molecular weight is 376 g/mol. The summed E-state index contributed by atoms with van der Waals surface area (Å²) in [6, 6.07) is 2.46. The van der Waals surface area contributed by atoms with E-state index in [1.807, 2.05) is 6.20 Å². The first-order chi connectivity index (χ1) is 8.70. The molecular weight excluding hydrogens is 356 g/mol. The fraction of sp³-hybridized carbons (Fsp3) is 0.643. The summed E-state index contributed by atoms with van der Waals surface area (Å²) in [5, 5.41) is 3.58. The topological polar surface area (TPSA) is 24.9 Å². The molecule has 0 bridgehead atoms. The summed E-state index contributed by atoms with van der Waals surface area (Å²) in [4.78, 5) is 4.58. The predicted octanol–water partition coefficient (Wildman–Crippen LogP) is 4.84. The molecule has 1 N–H and O–H groups in total. The van der Waals surface area contributed by atoms with Crippen molar-refractivity contribution in [1.29, 1.82) is 0 Å². The number of aromatic nitrogens is 1. The summed E-state index contributed by atoms with van der Waals surface area (Å²) >= 11 is 7.09. The van der Waals surface area contributed by atoms with E-state index in [0.29, 0.717) is 6.04 Å². The van der Waals surface area contributed by atoms with Crippen LogP contribution in [0.5, 0.6) is 0 Å². The second-order valence-electron chi connectivity index (χ2n) is 5.02. The monoisotopic (exact) mass is 374 g/mol. The third-order valence-electron chi connectivity index (χ3n) is 3.66. The molecule has 1 saturated carbocycles. The Morgan fingerprint density at radius 1 is 1.39 bits per heavy atom. The first kappa shape index (κ1) is 14.5. The minimum atomic E-state index is 0.376. The summed E-state index contributed by atoms with van der Waals surface area (Å²) in [5.41, 5.74) is 1.15. The highest BCUT2D eigenvalue weighted by Crippen LogP contribution is 2.34. The van der Waals surface area contributed by atoms with Gasteiger partial charge in [-0.1, -0.05) is 32.6 Å². The van der Waals surface area contributed by atoms with Gasteiger partial charge in [0.15, 0.2) is 0 Å². The molecule has 4 heteroatoms. The molecule has 1 aliphatic rings. The number of halogens is 2.